The lowest BCUT2D eigenvalue weighted by molar-refractivity contribution is 0.415. The highest BCUT2D eigenvalue weighted by molar-refractivity contribution is 7.71. The van der Waals surface area contributed by atoms with Gasteiger partial charge >= 0.3 is 0 Å². The zero-order valence-corrected chi connectivity index (χ0v) is 11.7. The number of hydrogen-bond acceptors (Lipinski definition) is 3. The van der Waals surface area contributed by atoms with Crippen molar-refractivity contribution in [1.82, 2.24) is 4.98 Å². The van der Waals surface area contributed by atoms with E-state index in [9.17, 15) is 0 Å². The molecule has 3 rings (SSSR count). The first-order chi connectivity index (χ1) is 9.78. The van der Waals surface area contributed by atoms with Crippen molar-refractivity contribution in [2.75, 3.05) is 7.11 Å². The standard InChI is InChI=1S/C16H13NO2S/c1-18-13-9-5-8-12(10-13)15-14(17-16(20)19-15)11-6-3-2-4-7-11/h2-10H,1H3,(H,17,20). The molecule has 0 aliphatic carbocycles. The van der Waals surface area contributed by atoms with Crippen LogP contribution in [0.3, 0.4) is 0 Å². The van der Waals surface area contributed by atoms with E-state index in [2.05, 4.69) is 4.98 Å². The van der Waals surface area contributed by atoms with Crippen molar-refractivity contribution >= 4 is 12.2 Å². The minimum Gasteiger partial charge on any atom is -0.497 e. The third-order valence-electron chi connectivity index (χ3n) is 3.04. The summed E-state index contributed by atoms with van der Waals surface area (Å²) in [6.07, 6.45) is 0. The third-order valence-corrected chi connectivity index (χ3v) is 3.23. The van der Waals surface area contributed by atoms with Gasteiger partial charge in [-0.2, -0.15) is 0 Å². The van der Waals surface area contributed by atoms with Crippen LogP contribution < -0.4 is 4.74 Å². The van der Waals surface area contributed by atoms with E-state index in [0.717, 1.165) is 28.3 Å². The molecular weight excluding hydrogens is 270 g/mol. The molecule has 0 unspecified atom stereocenters. The summed E-state index contributed by atoms with van der Waals surface area (Å²) in [6, 6.07) is 17.7. The highest BCUT2D eigenvalue weighted by atomic mass is 32.1. The lowest BCUT2D eigenvalue weighted by Gasteiger charge is -2.04. The maximum absolute atomic E-state index is 5.66. The average Bonchev–Trinajstić information content (AvgIpc) is 2.90. The minimum atomic E-state index is 0.363. The Kier molecular flexibility index (Phi) is 3.39. The van der Waals surface area contributed by atoms with Gasteiger partial charge in [0, 0.05) is 11.1 Å². The predicted octanol–water partition coefficient (Wildman–Crippen LogP) is 4.68. The largest absolute Gasteiger partial charge is 0.497 e. The van der Waals surface area contributed by atoms with Crippen LogP contribution in [0.2, 0.25) is 0 Å². The van der Waals surface area contributed by atoms with Gasteiger partial charge in [-0.1, -0.05) is 42.5 Å². The molecule has 0 fully saturated rings. The molecule has 0 spiro atoms. The molecule has 3 aromatic rings. The molecule has 100 valence electrons. The van der Waals surface area contributed by atoms with Crippen LogP contribution in [0.4, 0.5) is 0 Å². The molecule has 1 aromatic heterocycles. The van der Waals surface area contributed by atoms with Crippen molar-refractivity contribution in [2.24, 2.45) is 0 Å². The van der Waals surface area contributed by atoms with E-state index in [1.807, 2.05) is 54.6 Å². The molecule has 0 amide bonds. The fourth-order valence-corrected chi connectivity index (χ4v) is 2.29. The van der Waals surface area contributed by atoms with Crippen LogP contribution >= 0.6 is 12.2 Å². The highest BCUT2D eigenvalue weighted by Crippen LogP contribution is 2.33. The Morgan fingerprint density at radius 1 is 1.00 bits per heavy atom. The van der Waals surface area contributed by atoms with Gasteiger partial charge in [0.05, 0.1) is 12.8 Å². The summed E-state index contributed by atoms with van der Waals surface area (Å²) in [6.45, 7) is 0. The van der Waals surface area contributed by atoms with Crippen LogP contribution in [0.25, 0.3) is 22.6 Å². The molecule has 0 saturated carbocycles. The highest BCUT2D eigenvalue weighted by Gasteiger charge is 2.13. The first-order valence-electron chi connectivity index (χ1n) is 6.21. The van der Waals surface area contributed by atoms with Gasteiger partial charge in [-0.15, -0.1) is 0 Å². The molecule has 0 saturated heterocycles. The summed E-state index contributed by atoms with van der Waals surface area (Å²) in [5.41, 5.74) is 2.84. The first-order valence-corrected chi connectivity index (χ1v) is 6.62. The van der Waals surface area contributed by atoms with Crippen molar-refractivity contribution in [1.29, 1.82) is 0 Å². The molecule has 0 bridgehead atoms. The normalized spacial score (nSPS) is 10.4. The topological polar surface area (TPSA) is 38.2 Å². The molecule has 0 aliphatic rings. The second-order valence-electron chi connectivity index (χ2n) is 4.32. The fraction of sp³-hybridized carbons (Fsp3) is 0.0625. The van der Waals surface area contributed by atoms with Gasteiger partial charge in [0.15, 0.2) is 5.76 Å². The Balaban J connectivity index is 2.17. The Labute approximate surface area is 121 Å². The Morgan fingerprint density at radius 2 is 1.75 bits per heavy atom. The molecular formula is C16H13NO2S. The number of hydrogen-bond donors (Lipinski definition) is 1. The van der Waals surface area contributed by atoms with Gasteiger partial charge in [0.1, 0.15) is 5.75 Å². The Hall–Kier alpha value is -2.33. The molecule has 3 nitrogen and oxygen atoms in total. The predicted molar refractivity (Wildman–Crippen MR) is 81.3 cm³/mol. The van der Waals surface area contributed by atoms with Gasteiger partial charge in [0.25, 0.3) is 4.84 Å². The second kappa shape index (κ2) is 5.35. The summed E-state index contributed by atoms with van der Waals surface area (Å²) >= 11 is 5.13. The Bertz CT molecular complexity index is 774. The molecule has 0 aliphatic heterocycles. The monoisotopic (exact) mass is 283 g/mol. The first kappa shape index (κ1) is 12.7. The number of aromatic amines is 1. The van der Waals surface area contributed by atoms with E-state index in [1.165, 1.54) is 0 Å². The van der Waals surface area contributed by atoms with Crippen LogP contribution in [0.5, 0.6) is 5.75 Å². The summed E-state index contributed by atoms with van der Waals surface area (Å²) in [5.74, 6) is 1.50. The van der Waals surface area contributed by atoms with Crippen LogP contribution in [-0.2, 0) is 0 Å². The SMILES string of the molecule is COc1cccc(-c2oc(=S)[nH]c2-c2ccccc2)c1. The number of ether oxygens (including phenoxy) is 1. The average molecular weight is 283 g/mol. The molecule has 20 heavy (non-hydrogen) atoms. The van der Waals surface area contributed by atoms with E-state index < -0.39 is 0 Å². The van der Waals surface area contributed by atoms with Gasteiger partial charge < -0.3 is 14.1 Å². The smallest absolute Gasteiger partial charge is 0.266 e. The summed E-state index contributed by atoms with van der Waals surface area (Å²) < 4.78 is 10.9. The zero-order chi connectivity index (χ0) is 13.9. The number of rotatable bonds is 3. The molecule has 2 aromatic carbocycles. The van der Waals surface area contributed by atoms with E-state index in [-0.39, 0.29) is 0 Å². The molecule has 4 heteroatoms. The summed E-state index contributed by atoms with van der Waals surface area (Å²) in [4.78, 5) is 3.47. The third kappa shape index (κ3) is 2.38. The second-order valence-corrected chi connectivity index (χ2v) is 4.69. The van der Waals surface area contributed by atoms with Gasteiger partial charge in [-0.25, -0.2) is 0 Å². The number of nitrogens with one attached hydrogen (secondary N) is 1. The minimum absolute atomic E-state index is 0.363. The number of aromatic nitrogens is 1. The van der Waals surface area contributed by atoms with Crippen molar-refractivity contribution < 1.29 is 9.15 Å². The molecule has 0 atom stereocenters. The zero-order valence-electron chi connectivity index (χ0n) is 10.9. The molecule has 1 N–H and O–H groups in total. The summed E-state index contributed by atoms with van der Waals surface area (Å²) in [7, 11) is 1.64. The maximum atomic E-state index is 5.66. The van der Waals surface area contributed by atoms with Crippen molar-refractivity contribution in [3.05, 3.63) is 59.4 Å². The van der Waals surface area contributed by atoms with Gasteiger partial charge in [0.2, 0.25) is 0 Å². The van der Waals surface area contributed by atoms with Crippen LogP contribution in [0, 0.1) is 4.84 Å². The van der Waals surface area contributed by atoms with Gasteiger partial charge in [-0.05, 0) is 24.4 Å². The van der Waals surface area contributed by atoms with E-state index >= 15 is 0 Å². The van der Waals surface area contributed by atoms with Crippen LogP contribution in [-0.4, -0.2) is 12.1 Å². The quantitative estimate of drug-likeness (QED) is 0.709. The summed E-state index contributed by atoms with van der Waals surface area (Å²) in [5, 5.41) is 0. The number of oxazole rings is 1. The molecule has 0 radical (unpaired) electrons. The Morgan fingerprint density at radius 3 is 2.50 bits per heavy atom. The molecule has 1 heterocycles. The van der Waals surface area contributed by atoms with Crippen molar-refractivity contribution in [3.63, 3.8) is 0 Å². The number of benzene rings is 2. The van der Waals surface area contributed by atoms with E-state index in [0.29, 0.717) is 4.84 Å². The lowest BCUT2D eigenvalue weighted by atomic mass is 10.1. The number of methoxy groups -OCH3 is 1. The fourth-order valence-electron chi connectivity index (χ4n) is 2.10. The lowest BCUT2D eigenvalue weighted by Crippen LogP contribution is -1.85. The number of H-pyrrole nitrogens is 1. The van der Waals surface area contributed by atoms with E-state index in [1.54, 1.807) is 7.11 Å². The van der Waals surface area contributed by atoms with Crippen molar-refractivity contribution in [3.8, 4) is 28.3 Å². The van der Waals surface area contributed by atoms with E-state index in [4.69, 9.17) is 21.4 Å². The van der Waals surface area contributed by atoms with Gasteiger partial charge in [-0.3, -0.25) is 0 Å². The van der Waals surface area contributed by atoms with Crippen LogP contribution in [0.1, 0.15) is 0 Å². The van der Waals surface area contributed by atoms with Crippen LogP contribution in [0.15, 0.2) is 59.0 Å². The van der Waals surface area contributed by atoms with Crippen molar-refractivity contribution in [2.45, 2.75) is 0 Å². The maximum Gasteiger partial charge on any atom is 0.266 e.